The molecule has 2 saturated carbocycles. The van der Waals surface area contributed by atoms with Gasteiger partial charge in [0.05, 0.1) is 12.0 Å². The molecule has 3 rings (SSSR count). The van der Waals surface area contributed by atoms with E-state index in [0.29, 0.717) is 5.92 Å². The second-order valence-electron chi connectivity index (χ2n) is 6.94. The first-order chi connectivity index (χ1) is 10.7. The van der Waals surface area contributed by atoms with Crippen molar-refractivity contribution < 1.29 is 14.6 Å². The minimum absolute atomic E-state index is 0.664. The molecule has 0 saturated heterocycles. The summed E-state index contributed by atoms with van der Waals surface area (Å²) in [5.41, 5.74) is 0.225. The number of benzene rings is 1. The van der Waals surface area contributed by atoms with E-state index in [1.165, 1.54) is 32.1 Å². The van der Waals surface area contributed by atoms with E-state index in [-0.39, 0.29) is 0 Å². The Hall–Kier alpha value is -1.51. The number of ether oxygens (including phenoxy) is 1. The lowest BCUT2D eigenvalue weighted by atomic mass is 9.79. The monoisotopic (exact) mass is 302 g/mol. The molecule has 0 radical (unpaired) electrons. The van der Waals surface area contributed by atoms with Crippen LogP contribution in [0.5, 0.6) is 5.75 Å². The molecule has 3 nitrogen and oxygen atoms in total. The topological polar surface area (TPSA) is 46.5 Å². The fourth-order valence-electron chi connectivity index (χ4n) is 4.06. The molecule has 0 spiro atoms. The van der Waals surface area contributed by atoms with Crippen LogP contribution in [0.2, 0.25) is 0 Å². The average Bonchev–Trinajstić information content (AvgIpc) is 3.05. The van der Waals surface area contributed by atoms with Gasteiger partial charge in [0, 0.05) is 0 Å². The first kappa shape index (κ1) is 15.4. The van der Waals surface area contributed by atoms with Crippen molar-refractivity contribution in [2.45, 2.75) is 63.2 Å². The molecule has 0 heterocycles. The summed E-state index contributed by atoms with van der Waals surface area (Å²) in [5.74, 6) is 0.808. The molecular formula is C19H26O3. The number of rotatable bonds is 5. The number of hydrogen-bond acceptors (Lipinski definition) is 2. The molecule has 0 amide bonds. The number of carboxylic acid groups (broad SMARTS) is 1. The first-order valence-electron chi connectivity index (χ1n) is 8.67. The summed E-state index contributed by atoms with van der Waals surface area (Å²) >= 11 is 0. The van der Waals surface area contributed by atoms with E-state index in [9.17, 15) is 9.90 Å². The van der Waals surface area contributed by atoms with Crippen molar-refractivity contribution >= 4 is 5.97 Å². The van der Waals surface area contributed by atoms with Crippen LogP contribution in [0.1, 0.15) is 63.4 Å². The maximum absolute atomic E-state index is 11.8. The van der Waals surface area contributed by atoms with Crippen molar-refractivity contribution in [2.24, 2.45) is 5.92 Å². The molecule has 0 unspecified atom stereocenters. The van der Waals surface area contributed by atoms with Gasteiger partial charge in [-0.15, -0.1) is 0 Å². The van der Waals surface area contributed by atoms with Gasteiger partial charge < -0.3 is 9.84 Å². The Morgan fingerprint density at radius 2 is 1.86 bits per heavy atom. The average molecular weight is 302 g/mol. The molecule has 0 aromatic heterocycles. The summed E-state index contributed by atoms with van der Waals surface area (Å²) in [6.45, 7) is 0.767. The number of carboxylic acids is 1. The number of carbonyl (C=O) groups is 1. The van der Waals surface area contributed by atoms with Crippen LogP contribution in [-0.2, 0) is 10.2 Å². The largest absolute Gasteiger partial charge is 0.493 e. The molecule has 120 valence electrons. The standard InChI is InChI=1S/C19H26O3/c20-18(21)19(11-4-5-12-19)16-9-6-10-17(13-16)22-14-15-7-2-1-3-8-15/h6,9-10,13,15H,1-5,7-8,11-12,14H2,(H,20,21). The maximum atomic E-state index is 11.8. The van der Waals surface area contributed by atoms with Gasteiger partial charge in [-0.3, -0.25) is 4.79 Å². The van der Waals surface area contributed by atoms with E-state index in [1.54, 1.807) is 0 Å². The molecule has 0 bridgehead atoms. The SMILES string of the molecule is O=C(O)C1(c2cccc(OCC3CCCCC3)c2)CCCC1. The van der Waals surface area contributed by atoms with Crippen molar-refractivity contribution in [3.63, 3.8) is 0 Å². The minimum atomic E-state index is -0.690. The van der Waals surface area contributed by atoms with E-state index >= 15 is 0 Å². The lowest BCUT2D eigenvalue weighted by Gasteiger charge is -2.25. The highest BCUT2D eigenvalue weighted by Crippen LogP contribution is 2.42. The number of hydrogen-bond donors (Lipinski definition) is 1. The predicted octanol–water partition coefficient (Wildman–Crippen LogP) is 4.54. The molecular weight excluding hydrogens is 276 g/mol. The van der Waals surface area contributed by atoms with Gasteiger partial charge in [0.2, 0.25) is 0 Å². The zero-order chi connectivity index (χ0) is 15.4. The lowest BCUT2D eigenvalue weighted by molar-refractivity contribution is -0.143. The van der Waals surface area contributed by atoms with Crippen LogP contribution >= 0.6 is 0 Å². The molecule has 2 aliphatic carbocycles. The van der Waals surface area contributed by atoms with E-state index in [1.807, 2.05) is 24.3 Å². The van der Waals surface area contributed by atoms with Crippen LogP contribution in [0.3, 0.4) is 0 Å². The summed E-state index contributed by atoms with van der Waals surface area (Å²) in [6, 6.07) is 7.81. The van der Waals surface area contributed by atoms with Crippen LogP contribution in [-0.4, -0.2) is 17.7 Å². The fraction of sp³-hybridized carbons (Fsp3) is 0.632. The smallest absolute Gasteiger partial charge is 0.314 e. The second-order valence-corrected chi connectivity index (χ2v) is 6.94. The second kappa shape index (κ2) is 6.72. The molecule has 2 fully saturated rings. The zero-order valence-corrected chi connectivity index (χ0v) is 13.2. The van der Waals surface area contributed by atoms with Crippen molar-refractivity contribution in [2.75, 3.05) is 6.61 Å². The van der Waals surface area contributed by atoms with Crippen LogP contribution < -0.4 is 4.74 Å². The third-order valence-corrected chi connectivity index (χ3v) is 5.46. The lowest BCUT2D eigenvalue weighted by Crippen LogP contribution is -2.32. The quantitative estimate of drug-likeness (QED) is 0.868. The van der Waals surface area contributed by atoms with Gasteiger partial charge in [-0.2, -0.15) is 0 Å². The van der Waals surface area contributed by atoms with Gasteiger partial charge in [-0.25, -0.2) is 0 Å². The van der Waals surface area contributed by atoms with E-state index in [4.69, 9.17) is 4.74 Å². The molecule has 3 heteroatoms. The zero-order valence-electron chi connectivity index (χ0n) is 13.2. The molecule has 0 aliphatic heterocycles. The van der Waals surface area contributed by atoms with E-state index < -0.39 is 11.4 Å². The summed E-state index contributed by atoms with van der Waals surface area (Å²) in [7, 11) is 0. The fourth-order valence-corrected chi connectivity index (χ4v) is 4.06. The highest BCUT2D eigenvalue weighted by atomic mass is 16.5. The van der Waals surface area contributed by atoms with Crippen LogP contribution in [0, 0.1) is 5.92 Å². The Morgan fingerprint density at radius 3 is 2.55 bits per heavy atom. The minimum Gasteiger partial charge on any atom is -0.493 e. The third-order valence-electron chi connectivity index (χ3n) is 5.46. The van der Waals surface area contributed by atoms with Gasteiger partial charge in [0.25, 0.3) is 0 Å². The number of aliphatic carboxylic acids is 1. The Kier molecular flexibility index (Phi) is 4.70. The van der Waals surface area contributed by atoms with Gasteiger partial charge >= 0.3 is 5.97 Å². The molecule has 0 atom stereocenters. The molecule has 2 aliphatic rings. The normalized spacial score (nSPS) is 21.6. The van der Waals surface area contributed by atoms with Gasteiger partial charge in [-0.1, -0.05) is 44.2 Å². The summed E-state index contributed by atoms with van der Waals surface area (Å²) in [5, 5.41) is 9.70. The van der Waals surface area contributed by atoms with Gasteiger partial charge in [0.1, 0.15) is 5.75 Å². The van der Waals surface area contributed by atoms with Crippen molar-refractivity contribution in [3.8, 4) is 5.75 Å². The summed E-state index contributed by atoms with van der Waals surface area (Å²) in [6.07, 6.45) is 10.00. The van der Waals surface area contributed by atoms with Crippen molar-refractivity contribution in [3.05, 3.63) is 29.8 Å². The summed E-state index contributed by atoms with van der Waals surface area (Å²) < 4.78 is 5.98. The van der Waals surface area contributed by atoms with Crippen LogP contribution in [0.15, 0.2) is 24.3 Å². The molecule has 22 heavy (non-hydrogen) atoms. The third kappa shape index (κ3) is 3.13. The molecule has 1 N–H and O–H groups in total. The van der Waals surface area contributed by atoms with Gasteiger partial charge in [0.15, 0.2) is 0 Å². The first-order valence-corrected chi connectivity index (χ1v) is 8.67. The Morgan fingerprint density at radius 1 is 1.14 bits per heavy atom. The predicted molar refractivity (Wildman–Crippen MR) is 86.3 cm³/mol. The summed E-state index contributed by atoms with van der Waals surface area (Å²) in [4.78, 5) is 11.8. The van der Waals surface area contributed by atoms with Gasteiger partial charge in [-0.05, 0) is 49.3 Å². The van der Waals surface area contributed by atoms with Crippen LogP contribution in [0.25, 0.3) is 0 Å². The van der Waals surface area contributed by atoms with E-state index in [0.717, 1.165) is 43.6 Å². The Balaban J connectivity index is 1.70. The van der Waals surface area contributed by atoms with Crippen molar-refractivity contribution in [1.29, 1.82) is 0 Å². The van der Waals surface area contributed by atoms with Crippen molar-refractivity contribution in [1.82, 2.24) is 0 Å². The highest BCUT2D eigenvalue weighted by Gasteiger charge is 2.43. The Bertz CT molecular complexity index is 511. The van der Waals surface area contributed by atoms with E-state index in [2.05, 4.69) is 0 Å². The molecule has 1 aromatic carbocycles. The Labute approximate surface area is 132 Å². The highest BCUT2D eigenvalue weighted by molar-refractivity contribution is 5.82. The molecule has 1 aromatic rings. The maximum Gasteiger partial charge on any atom is 0.314 e. The van der Waals surface area contributed by atoms with Crippen LogP contribution in [0.4, 0.5) is 0 Å².